The summed E-state index contributed by atoms with van der Waals surface area (Å²) in [6.07, 6.45) is 3.36. The number of hydrogen-bond donors (Lipinski definition) is 2. The number of carbonyl (C=O) groups excluding carboxylic acids is 2. The van der Waals surface area contributed by atoms with E-state index in [-0.39, 0.29) is 17.2 Å². The second-order valence-corrected chi connectivity index (χ2v) is 7.93. The van der Waals surface area contributed by atoms with Crippen molar-refractivity contribution in [1.29, 1.82) is 0 Å². The molecule has 166 valence electrons. The van der Waals surface area contributed by atoms with Crippen molar-refractivity contribution in [1.82, 2.24) is 19.7 Å². The Morgan fingerprint density at radius 1 is 0.970 bits per heavy atom. The Morgan fingerprint density at radius 2 is 1.70 bits per heavy atom. The first-order valence-electron chi connectivity index (χ1n) is 9.89. The number of pyridine rings is 1. The van der Waals surface area contributed by atoms with Crippen molar-refractivity contribution >= 4 is 35.0 Å². The number of nitrogens with one attached hydrogen (secondary N) is 2. The molecule has 0 spiro atoms. The number of carbonyl (C=O) groups is 2. The zero-order valence-electron chi connectivity index (χ0n) is 17.5. The molecule has 10 heteroatoms. The summed E-state index contributed by atoms with van der Waals surface area (Å²) in [5.41, 5.74) is 2.09. The maximum Gasteiger partial charge on any atom is 0.255 e. The van der Waals surface area contributed by atoms with E-state index in [4.69, 9.17) is 0 Å². The van der Waals surface area contributed by atoms with Gasteiger partial charge in [-0.3, -0.25) is 14.6 Å². The van der Waals surface area contributed by atoms with Gasteiger partial charge in [-0.1, -0.05) is 23.9 Å². The van der Waals surface area contributed by atoms with Crippen LogP contribution in [0.5, 0.6) is 0 Å². The Balaban J connectivity index is 1.35. The monoisotopic (exact) mass is 462 g/mol. The van der Waals surface area contributed by atoms with Gasteiger partial charge in [-0.15, -0.1) is 10.2 Å². The summed E-state index contributed by atoms with van der Waals surface area (Å²) < 4.78 is 15.2. The van der Waals surface area contributed by atoms with Gasteiger partial charge in [-0.2, -0.15) is 0 Å². The lowest BCUT2D eigenvalue weighted by atomic mass is 10.2. The Kier molecular flexibility index (Phi) is 6.75. The van der Waals surface area contributed by atoms with Crippen LogP contribution in [0.3, 0.4) is 0 Å². The largest absolute Gasteiger partial charge is 0.325 e. The van der Waals surface area contributed by atoms with Gasteiger partial charge in [0.05, 0.1) is 5.75 Å². The molecule has 2 heterocycles. The molecule has 0 fully saturated rings. The van der Waals surface area contributed by atoms with E-state index in [2.05, 4.69) is 25.8 Å². The quantitative estimate of drug-likeness (QED) is 0.403. The zero-order chi connectivity index (χ0) is 23.2. The lowest BCUT2D eigenvalue weighted by molar-refractivity contribution is -0.113. The van der Waals surface area contributed by atoms with E-state index in [9.17, 15) is 14.0 Å². The maximum absolute atomic E-state index is 13.3. The summed E-state index contributed by atoms with van der Waals surface area (Å²) in [5.74, 6) is -0.357. The van der Waals surface area contributed by atoms with Crippen molar-refractivity contribution in [2.24, 2.45) is 7.05 Å². The summed E-state index contributed by atoms with van der Waals surface area (Å²) in [4.78, 5) is 28.7. The molecule has 4 aromatic rings. The highest BCUT2D eigenvalue weighted by Gasteiger charge is 2.13. The molecule has 0 atom stereocenters. The van der Waals surface area contributed by atoms with Crippen LogP contribution >= 0.6 is 11.8 Å². The van der Waals surface area contributed by atoms with E-state index in [1.165, 1.54) is 30.0 Å². The topological polar surface area (TPSA) is 102 Å². The molecular weight excluding hydrogens is 443 g/mol. The first-order chi connectivity index (χ1) is 16.0. The molecule has 0 bridgehead atoms. The van der Waals surface area contributed by atoms with Crippen LogP contribution in [0, 0.1) is 5.82 Å². The average molecular weight is 463 g/mol. The predicted molar refractivity (Wildman–Crippen MR) is 124 cm³/mol. The van der Waals surface area contributed by atoms with Gasteiger partial charge < -0.3 is 15.2 Å². The molecule has 0 radical (unpaired) electrons. The van der Waals surface area contributed by atoms with Crippen molar-refractivity contribution in [3.05, 3.63) is 84.4 Å². The van der Waals surface area contributed by atoms with E-state index in [1.807, 2.05) is 23.7 Å². The fourth-order valence-corrected chi connectivity index (χ4v) is 3.74. The maximum atomic E-state index is 13.3. The molecule has 0 unspecified atom stereocenters. The Hall–Kier alpha value is -4.05. The fourth-order valence-electron chi connectivity index (χ4n) is 3.03. The number of thioether (sulfide) groups is 1. The van der Waals surface area contributed by atoms with Crippen molar-refractivity contribution in [3.63, 3.8) is 0 Å². The van der Waals surface area contributed by atoms with Crippen molar-refractivity contribution in [2.75, 3.05) is 16.4 Å². The number of benzene rings is 2. The minimum absolute atomic E-state index is 0.127. The summed E-state index contributed by atoms with van der Waals surface area (Å²) >= 11 is 1.26. The SMILES string of the molecule is Cn1c(SCC(=O)Nc2cccc(NC(=O)c3cccc(F)c3)c2)nnc1-c1ccncc1. The normalized spacial score (nSPS) is 10.6. The van der Waals surface area contributed by atoms with Gasteiger partial charge in [0.1, 0.15) is 5.82 Å². The molecule has 0 aliphatic rings. The highest BCUT2D eigenvalue weighted by Crippen LogP contribution is 2.23. The third-order valence-electron chi connectivity index (χ3n) is 4.60. The molecule has 4 rings (SSSR count). The highest BCUT2D eigenvalue weighted by atomic mass is 32.2. The molecule has 2 N–H and O–H groups in total. The van der Waals surface area contributed by atoms with E-state index < -0.39 is 11.7 Å². The number of nitrogens with zero attached hydrogens (tertiary/aromatic N) is 4. The second-order valence-electron chi connectivity index (χ2n) is 6.98. The van der Waals surface area contributed by atoms with Gasteiger partial charge in [-0.05, 0) is 48.5 Å². The van der Waals surface area contributed by atoms with Crippen molar-refractivity contribution < 1.29 is 14.0 Å². The fraction of sp³-hybridized carbons (Fsp3) is 0.0870. The van der Waals surface area contributed by atoms with Gasteiger partial charge in [-0.25, -0.2) is 4.39 Å². The van der Waals surface area contributed by atoms with Crippen LogP contribution in [0.15, 0.2) is 78.2 Å². The summed E-state index contributed by atoms with van der Waals surface area (Å²) in [6, 6.07) is 15.8. The number of hydrogen-bond acceptors (Lipinski definition) is 6. The molecular formula is C23H19FN6O2S. The zero-order valence-corrected chi connectivity index (χ0v) is 18.3. The van der Waals surface area contributed by atoms with Crippen LogP contribution in [-0.4, -0.2) is 37.3 Å². The second kappa shape index (κ2) is 10.0. The molecule has 0 saturated carbocycles. The van der Waals surface area contributed by atoms with E-state index >= 15 is 0 Å². The van der Waals surface area contributed by atoms with Crippen molar-refractivity contribution in [2.45, 2.75) is 5.16 Å². The van der Waals surface area contributed by atoms with E-state index in [1.54, 1.807) is 36.7 Å². The molecule has 8 nitrogen and oxygen atoms in total. The molecule has 2 aromatic heterocycles. The highest BCUT2D eigenvalue weighted by molar-refractivity contribution is 7.99. The third-order valence-corrected chi connectivity index (χ3v) is 5.62. The lowest BCUT2D eigenvalue weighted by Gasteiger charge is -2.09. The molecule has 0 aliphatic heterocycles. The predicted octanol–water partition coefficient (Wildman–Crippen LogP) is 4.00. The number of anilines is 2. The molecule has 0 aliphatic carbocycles. The summed E-state index contributed by atoms with van der Waals surface area (Å²) in [7, 11) is 1.83. The first kappa shape index (κ1) is 22.2. The standard InChI is InChI=1S/C23H19FN6O2S/c1-30-21(15-8-10-25-11-9-15)28-29-23(30)33-14-20(31)26-18-6-3-7-19(13-18)27-22(32)16-4-2-5-17(24)12-16/h2-13H,14H2,1H3,(H,26,31)(H,27,32). The Morgan fingerprint density at radius 3 is 2.45 bits per heavy atom. The Bertz CT molecular complexity index is 1300. The molecule has 2 amide bonds. The van der Waals surface area contributed by atoms with Crippen LogP contribution in [0.4, 0.5) is 15.8 Å². The molecule has 0 saturated heterocycles. The van der Waals surface area contributed by atoms with Crippen LogP contribution in [0.25, 0.3) is 11.4 Å². The van der Waals surface area contributed by atoms with Crippen LogP contribution in [-0.2, 0) is 11.8 Å². The minimum atomic E-state index is -0.489. The first-order valence-corrected chi connectivity index (χ1v) is 10.9. The lowest BCUT2D eigenvalue weighted by Crippen LogP contribution is -2.15. The average Bonchev–Trinajstić information content (AvgIpc) is 3.18. The minimum Gasteiger partial charge on any atom is -0.325 e. The number of rotatable bonds is 7. The number of aromatic nitrogens is 4. The van der Waals surface area contributed by atoms with Crippen LogP contribution in [0.1, 0.15) is 10.4 Å². The van der Waals surface area contributed by atoms with Gasteiger partial charge in [0.15, 0.2) is 11.0 Å². The summed E-state index contributed by atoms with van der Waals surface area (Å²) in [6.45, 7) is 0. The van der Waals surface area contributed by atoms with E-state index in [0.29, 0.717) is 22.4 Å². The Labute approximate surface area is 193 Å². The van der Waals surface area contributed by atoms with Gasteiger partial charge >= 0.3 is 0 Å². The van der Waals surface area contributed by atoms with Gasteiger partial charge in [0.25, 0.3) is 5.91 Å². The van der Waals surface area contributed by atoms with Crippen molar-refractivity contribution in [3.8, 4) is 11.4 Å². The van der Waals surface area contributed by atoms with Gasteiger partial charge in [0.2, 0.25) is 5.91 Å². The number of amides is 2. The van der Waals surface area contributed by atoms with Gasteiger partial charge in [0, 0.05) is 41.9 Å². The molecule has 33 heavy (non-hydrogen) atoms. The van der Waals surface area contributed by atoms with Crippen LogP contribution in [0.2, 0.25) is 0 Å². The smallest absolute Gasteiger partial charge is 0.255 e. The van der Waals surface area contributed by atoms with Crippen LogP contribution < -0.4 is 10.6 Å². The summed E-state index contributed by atoms with van der Waals surface area (Å²) in [5, 5.41) is 14.4. The van der Waals surface area contributed by atoms with E-state index in [0.717, 1.165) is 11.6 Å². The molecule has 2 aromatic carbocycles. The third kappa shape index (κ3) is 5.60. The number of halogens is 1.